The molecule has 0 spiro atoms. The summed E-state index contributed by atoms with van der Waals surface area (Å²) in [4.78, 5) is 23.1. The third-order valence-electron chi connectivity index (χ3n) is 12.1. The number of carbonyl (C=O) groups is 1. The zero-order valence-electron chi connectivity index (χ0n) is 44.6. The second kappa shape index (κ2) is 50.6. The molecule has 0 aliphatic heterocycles. The van der Waals surface area contributed by atoms with E-state index in [2.05, 4.69) is 74.6 Å². The first-order valence-corrected chi connectivity index (χ1v) is 29.5. The van der Waals surface area contributed by atoms with Crippen LogP contribution < -0.4 is 0 Å². The number of hydrogen-bond acceptors (Lipinski definition) is 6. The molecule has 0 aromatic rings. The van der Waals surface area contributed by atoms with Gasteiger partial charge in [0.1, 0.15) is 19.3 Å². The third kappa shape index (κ3) is 55.0. The van der Waals surface area contributed by atoms with Gasteiger partial charge in [0, 0.05) is 13.0 Å². The zero-order valence-corrected chi connectivity index (χ0v) is 45.5. The van der Waals surface area contributed by atoms with E-state index in [0.717, 1.165) is 57.8 Å². The molecule has 0 aromatic carbocycles. The lowest BCUT2D eigenvalue weighted by Crippen LogP contribution is -2.37. The number of ether oxygens (including phenoxy) is 2. The number of hydrogen-bond donors (Lipinski definition) is 1. The van der Waals surface area contributed by atoms with Crippen molar-refractivity contribution in [3.63, 3.8) is 0 Å². The van der Waals surface area contributed by atoms with Crippen LogP contribution in [0, 0.1) is 0 Å². The Morgan fingerprint density at radius 3 is 1.22 bits per heavy atom. The van der Waals surface area contributed by atoms with Gasteiger partial charge in [0.05, 0.1) is 34.4 Å². The van der Waals surface area contributed by atoms with Gasteiger partial charge in [-0.05, 0) is 83.5 Å². The molecule has 0 radical (unpaired) electrons. The Morgan fingerprint density at radius 1 is 0.463 bits per heavy atom. The maximum Gasteiger partial charge on any atom is 0.472 e. The van der Waals surface area contributed by atoms with Crippen molar-refractivity contribution in [2.45, 2.75) is 251 Å². The summed E-state index contributed by atoms with van der Waals surface area (Å²) in [7, 11) is 1.66. The lowest BCUT2D eigenvalue weighted by atomic mass is 10.1. The molecule has 0 amide bonds. The van der Waals surface area contributed by atoms with Crippen LogP contribution in [-0.4, -0.2) is 75.6 Å². The number of unbranched alkanes of at least 4 members (excludes halogenated alkanes) is 28. The van der Waals surface area contributed by atoms with Gasteiger partial charge in [-0.2, -0.15) is 0 Å². The van der Waals surface area contributed by atoms with E-state index in [-0.39, 0.29) is 25.8 Å². The predicted molar refractivity (Wildman–Crippen MR) is 289 cm³/mol. The highest BCUT2D eigenvalue weighted by Gasteiger charge is 2.26. The van der Waals surface area contributed by atoms with E-state index in [1.165, 1.54) is 167 Å². The molecule has 2 unspecified atom stereocenters. The average Bonchev–Trinajstić information content (AvgIpc) is 3.29. The number of carbonyl (C=O) groups excluding carboxylic acids is 1. The fraction of sp³-hybridized carbons (Fsp3) is 0.810. The van der Waals surface area contributed by atoms with Crippen molar-refractivity contribution >= 4 is 13.8 Å². The Morgan fingerprint density at radius 2 is 0.821 bits per heavy atom. The van der Waals surface area contributed by atoms with E-state index in [0.29, 0.717) is 24.1 Å². The molecular weight excluding hydrogens is 854 g/mol. The molecule has 0 saturated heterocycles. The number of phosphoric ester groups is 1. The quantitative estimate of drug-likeness (QED) is 0.0213. The predicted octanol–water partition coefficient (Wildman–Crippen LogP) is 17.6. The van der Waals surface area contributed by atoms with E-state index in [9.17, 15) is 14.3 Å². The van der Waals surface area contributed by atoms with Crippen molar-refractivity contribution < 1.29 is 37.3 Å². The van der Waals surface area contributed by atoms with E-state index >= 15 is 0 Å². The number of nitrogens with zero attached hydrogens (tertiary/aromatic N) is 1. The van der Waals surface area contributed by atoms with Crippen molar-refractivity contribution in [3.05, 3.63) is 60.8 Å². The first-order chi connectivity index (χ1) is 32.6. The molecular formula is C58H109NO7P+. The summed E-state index contributed by atoms with van der Waals surface area (Å²) in [6, 6.07) is 0. The minimum absolute atomic E-state index is 0.0845. The molecule has 0 heterocycles. The Bertz CT molecular complexity index is 1260. The smallest absolute Gasteiger partial charge is 0.457 e. The topological polar surface area (TPSA) is 91.3 Å². The Balaban J connectivity index is 4.13. The number of allylic oxidation sites excluding steroid dienone is 10. The van der Waals surface area contributed by atoms with Crippen LogP contribution in [0.15, 0.2) is 60.8 Å². The Labute approximate surface area is 415 Å². The first-order valence-electron chi connectivity index (χ1n) is 28.0. The number of rotatable bonds is 52. The van der Waals surface area contributed by atoms with Crippen molar-refractivity contribution in [1.29, 1.82) is 0 Å². The molecule has 8 nitrogen and oxygen atoms in total. The van der Waals surface area contributed by atoms with Crippen LogP contribution in [0.1, 0.15) is 245 Å². The summed E-state index contributed by atoms with van der Waals surface area (Å²) in [6.45, 7) is 5.61. The number of phosphoric acid groups is 1. The highest BCUT2D eigenvalue weighted by atomic mass is 31.2. The molecule has 0 aliphatic carbocycles. The minimum Gasteiger partial charge on any atom is -0.457 e. The molecule has 392 valence electrons. The number of likely N-dealkylation sites (N-methyl/N-ethyl adjacent to an activating group) is 1. The molecule has 0 fully saturated rings. The van der Waals surface area contributed by atoms with Gasteiger partial charge in [0.15, 0.2) is 0 Å². The van der Waals surface area contributed by atoms with Gasteiger partial charge in [0.25, 0.3) is 0 Å². The SMILES string of the molecule is CCCCCCC/C=C\C/C=C\C/C=C\CCCCCCCCCCC(=O)OC(COCCCCCCCCCCCC/C=C\C/C=C\CCCCCCC)COP(=O)(O)OCC[N+](C)(C)C. The lowest BCUT2D eigenvalue weighted by molar-refractivity contribution is -0.870. The highest BCUT2D eigenvalue weighted by Crippen LogP contribution is 2.43. The molecule has 0 bridgehead atoms. The summed E-state index contributed by atoms with van der Waals surface area (Å²) in [5.74, 6) is -0.321. The number of quaternary nitrogens is 1. The van der Waals surface area contributed by atoms with E-state index in [4.69, 9.17) is 18.5 Å². The summed E-state index contributed by atoms with van der Waals surface area (Å²) in [6.07, 6.45) is 65.6. The van der Waals surface area contributed by atoms with Crippen molar-refractivity contribution in [2.75, 3.05) is 54.1 Å². The fourth-order valence-electron chi connectivity index (χ4n) is 7.71. The molecule has 9 heteroatoms. The van der Waals surface area contributed by atoms with Crippen molar-refractivity contribution in [1.82, 2.24) is 0 Å². The van der Waals surface area contributed by atoms with E-state index < -0.39 is 13.9 Å². The second-order valence-corrected chi connectivity index (χ2v) is 21.4. The zero-order chi connectivity index (χ0) is 49.0. The van der Waals surface area contributed by atoms with Crippen LogP contribution in [0.25, 0.3) is 0 Å². The summed E-state index contributed by atoms with van der Waals surface area (Å²) >= 11 is 0. The lowest BCUT2D eigenvalue weighted by Gasteiger charge is -2.24. The van der Waals surface area contributed by atoms with Crippen LogP contribution in [0.2, 0.25) is 0 Å². The van der Waals surface area contributed by atoms with Gasteiger partial charge in [-0.15, -0.1) is 0 Å². The minimum atomic E-state index is -4.29. The van der Waals surface area contributed by atoms with Crippen molar-refractivity contribution in [2.24, 2.45) is 0 Å². The van der Waals surface area contributed by atoms with Gasteiger partial charge in [-0.25, -0.2) is 4.57 Å². The molecule has 0 aromatic heterocycles. The third-order valence-corrected chi connectivity index (χ3v) is 13.0. The van der Waals surface area contributed by atoms with Crippen LogP contribution in [0.3, 0.4) is 0 Å². The molecule has 1 N–H and O–H groups in total. The van der Waals surface area contributed by atoms with Gasteiger partial charge in [-0.1, -0.05) is 216 Å². The molecule has 2 atom stereocenters. The van der Waals surface area contributed by atoms with Gasteiger partial charge in [0.2, 0.25) is 0 Å². The highest BCUT2D eigenvalue weighted by molar-refractivity contribution is 7.47. The van der Waals surface area contributed by atoms with Gasteiger partial charge in [-0.3, -0.25) is 13.8 Å². The Hall–Kier alpha value is -1.80. The summed E-state index contributed by atoms with van der Waals surface area (Å²) in [5.41, 5.74) is 0. The van der Waals surface area contributed by atoms with E-state index in [1.54, 1.807) is 0 Å². The molecule has 67 heavy (non-hydrogen) atoms. The normalized spacial score (nSPS) is 13.9. The molecule has 0 rings (SSSR count). The van der Waals surface area contributed by atoms with Crippen LogP contribution in [0.5, 0.6) is 0 Å². The van der Waals surface area contributed by atoms with E-state index in [1.807, 2.05) is 21.1 Å². The average molecular weight is 963 g/mol. The molecule has 0 saturated carbocycles. The van der Waals surface area contributed by atoms with Gasteiger partial charge >= 0.3 is 13.8 Å². The second-order valence-electron chi connectivity index (χ2n) is 20.0. The van der Waals surface area contributed by atoms with Crippen LogP contribution in [-0.2, 0) is 27.9 Å². The summed E-state index contributed by atoms with van der Waals surface area (Å²) in [5, 5.41) is 0. The molecule has 0 aliphatic rings. The maximum atomic E-state index is 12.8. The van der Waals surface area contributed by atoms with Gasteiger partial charge < -0.3 is 18.9 Å². The van der Waals surface area contributed by atoms with Crippen LogP contribution >= 0.6 is 7.82 Å². The van der Waals surface area contributed by atoms with Crippen LogP contribution in [0.4, 0.5) is 0 Å². The monoisotopic (exact) mass is 963 g/mol. The Kier molecular flexibility index (Phi) is 49.2. The largest absolute Gasteiger partial charge is 0.472 e. The van der Waals surface area contributed by atoms with Crippen molar-refractivity contribution in [3.8, 4) is 0 Å². The number of esters is 1. The fourth-order valence-corrected chi connectivity index (χ4v) is 8.45. The standard InChI is InChI=1S/C58H108NO7P/c1-6-8-10-12-14-16-18-20-22-24-26-28-30-31-33-35-37-39-41-43-45-47-49-51-58(60)66-57(56-65-67(61,62)64-54-52-59(3,4)5)55-63-53-50-48-46-44-42-40-38-36-34-32-29-27-25-23-21-19-17-15-13-11-9-7-2/h18-21,24-27,30-31,57H,6-17,22-23,28-29,32-56H2,1-5H3/p+1/b20-18-,21-19-,26-24-,27-25-,31-30-. The first kappa shape index (κ1) is 65.2. The summed E-state index contributed by atoms with van der Waals surface area (Å²) < 4.78 is 35.2. The maximum absolute atomic E-state index is 12.8.